The molecule has 0 aliphatic heterocycles. The first-order chi connectivity index (χ1) is 8.81. The lowest BCUT2D eigenvalue weighted by molar-refractivity contribution is 0.671. The molecule has 3 rings (SSSR count). The van der Waals surface area contributed by atoms with Gasteiger partial charge in [0, 0.05) is 24.2 Å². The smallest absolute Gasteiger partial charge is 0.252 e. The Morgan fingerprint density at radius 2 is 2.33 bits per heavy atom. The fourth-order valence-electron chi connectivity index (χ4n) is 2.02. The average Bonchev–Trinajstić information content (AvgIpc) is 3.00. The fraction of sp³-hybridized carbons (Fsp3) is 0.250. The average molecular weight is 260 g/mol. The first kappa shape index (κ1) is 11.2. The van der Waals surface area contributed by atoms with Crippen LogP contribution in [0, 0.1) is 0 Å². The molecule has 3 heterocycles. The fourth-order valence-corrected chi connectivity index (χ4v) is 2.65. The zero-order valence-electron chi connectivity index (χ0n) is 9.88. The third-order valence-corrected chi connectivity index (χ3v) is 3.61. The second-order valence-corrected chi connectivity index (χ2v) is 4.91. The lowest BCUT2D eigenvalue weighted by Crippen LogP contribution is -2.19. The summed E-state index contributed by atoms with van der Waals surface area (Å²) in [6, 6.07) is 3.42. The second-order valence-electron chi connectivity index (χ2n) is 4.02. The molecule has 0 saturated carbocycles. The molecule has 0 radical (unpaired) electrons. The van der Waals surface area contributed by atoms with Gasteiger partial charge in [0.25, 0.3) is 5.56 Å². The Labute approximate surface area is 107 Å². The van der Waals surface area contributed by atoms with Crippen molar-refractivity contribution in [3.8, 4) is 10.6 Å². The van der Waals surface area contributed by atoms with Gasteiger partial charge in [0.05, 0.1) is 16.1 Å². The van der Waals surface area contributed by atoms with E-state index in [-0.39, 0.29) is 5.56 Å². The summed E-state index contributed by atoms with van der Waals surface area (Å²) in [6.45, 7) is 2.73. The molecule has 0 amide bonds. The van der Waals surface area contributed by atoms with E-state index in [2.05, 4.69) is 15.2 Å². The molecule has 0 unspecified atom stereocenters. The third-order valence-electron chi connectivity index (χ3n) is 2.82. The van der Waals surface area contributed by atoms with E-state index in [1.807, 2.05) is 13.0 Å². The topological polar surface area (TPSA) is 63.6 Å². The standard InChI is InChI=1S/C12H12N4OS/c1-2-5-16-10(17)4-3-8-11(14-15-12(8)16)9-6-13-7-18-9/h3-4,6-7H,2,5H2,1H3,(H,14,15). The number of aromatic nitrogens is 4. The minimum Gasteiger partial charge on any atom is -0.291 e. The van der Waals surface area contributed by atoms with Crippen molar-refractivity contribution in [2.75, 3.05) is 0 Å². The molecule has 1 N–H and O–H groups in total. The summed E-state index contributed by atoms with van der Waals surface area (Å²) in [6.07, 6.45) is 2.70. The lowest BCUT2D eigenvalue weighted by Gasteiger charge is -2.03. The van der Waals surface area contributed by atoms with Crippen LogP contribution in [0.5, 0.6) is 0 Å². The van der Waals surface area contributed by atoms with E-state index in [9.17, 15) is 4.79 Å². The molecular formula is C12H12N4OS. The van der Waals surface area contributed by atoms with Crippen molar-refractivity contribution in [3.05, 3.63) is 34.2 Å². The summed E-state index contributed by atoms with van der Waals surface area (Å²) in [5, 5.41) is 8.24. The summed E-state index contributed by atoms with van der Waals surface area (Å²) >= 11 is 1.55. The molecule has 0 spiro atoms. The highest BCUT2D eigenvalue weighted by Crippen LogP contribution is 2.27. The van der Waals surface area contributed by atoms with Gasteiger partial charge in [-0.15, -0.1) is 11.3 Å². The number of fused-ring (bicyclic) bond motifs is 1. The van der Waals surface area contributed by atoms with Crippen LogP contribution in [-0.4, -0.2) is 19.7 Å². The van der Waals surface area contributed by atoms with Gasteiger partial charge in [-0.1, -0.05) is 6.92 Å². The van der Waals surface area contributed by atoms with Crippen LogP contribution in [0.1, 0.15) is 13.3 Å². The number of hydrogen-bond donors (Lipinski definition) is 1. The monoisotopic (exact) mass is 260 g/mol. The quantitative estimate of drug-likeness (QED) is 0.785. The third kappa shape index (κ3) is 1.65. The van der Waals surface area contributed by atoms with Crippen LogP contribution in [0.4, 0.5) is 0 Å². The number of thiazole rings is 1. The molecule has 3 aromatic rings. The van der Waals surface area contributed by atoms with Crippen LogP contribution >= 0.6 is 11.3 Å². The van der Waals surface area contributed by atoms with Gasteiger partial charge in [-0.25, -0.2) is 0 Å². The highest BCUT2D eigenvalue weighted by atomic mass is 32.1. The highest BCUT2D eigenvalue weighted by Gasteiger charge is 2.12. The van der Waals surface area contributed by atoms with E-state index in [0.717, 1.165) is 22.4 Å². The SMILES string of the molecule is CCCn1c(=O)ccc2c(-c3cncs3)[nH]nc21. The van der Waals surface area contributed by atoms with E-state index in [0.29, 0.717) is 12.2 Å². The number of aromatic amines is 1. The number of nitrogens with one attached hydrogen (secondary N) is 1. The van der Waals surface area contributed by atoms with Crippen molar-refractivity contribution in [2.45, 2.75) is 19.9 Å². The van der Waals surface area contributed by atoms with Crippen LogP contribution in [-0.2, 0) is 6.54 Å². The van der Waals surface area contributed by atoms with Gasteiger partial charge in [0.2, 0.25) is 0 Å². The summed E-state index contributed by atoms with van der Waals surface area (Å²) in [4.78, 5) is 16.9. The predicted molar refractivity (Wildman–Crippen MR) is 71.8 cm³/mol. The molecule has 0 aliphatic rings. The molecule has 3 aromatic heterocycles. The Hall–Kier alpha value is -1.95. The van der Waals surface area contributed by atoms with Crippen molar-refractivity contribution in [1.29, 1.82) is 0 Å². The predicted octanol–water partition coefficient (Wildman–Crippen LogP) is 2.26. The van der Waals surface area contributed by atoms with Crippen LogP contribution in [0.25, 0.3) is 21.6 Å². The summed E-state index contributed by atoms with van der Waals surface area (Å²) in [7, 11) is 0. The second kappa shape index (κ2) is 4.38. The summed E-state index contributed by atoms with van der Waals surface area (Å²) in [5.41, 5.74) is 3.42. The molecule has 6 heteroatoms. The molecule has 5 nitrogen and oxygen atoms in total. The minimum absolute atomic E-state index is 0.00768. The normalized spacial score (nSPS) is 11.2. The van der Waals surface area contributed by atoms with Gasteiger partial charge < -0.3 is 0 Å². The first-order valence-corrected chi connectivity index (χ1v) is 6.66. The van der Waals surface area contributed by atoms with Crippen molar-refractivity contribution in [3.63, 3.8) is 0 Å². The first-order valence-electron chi connectivity index (χ1n) is 5.78. The minimum atomic E-state index is -0.00768. The van der Waals surface area contributed by atoms with Gasteiger partial charge in [-0.3, -0.25) is 19.4 Å². The van der Waals surface area contributed by atoms with E-state index in [1.54, 1.807) is 33.7 Å². The van der Waals surface area contributed by atoms with Crippen molar-refractivity contribution < 1.29 is 0 Å². The highest BCUT2D eigenvalue weighted by molar-refractivity contribution is 7.13. The van der Waals surface area contributed by atoms with Crippen molar-refractivity contribution in [1.82, 2.24) is 19.7 Å². The van der Waals surface area contributed by atoms with Crippen LogP contribution < -0.4 is 5.56 Å². The van der Waals surface area contributed by atoms with Gasteiger partial charge >= 0.3 is 0 Å². The Balaban J connectivity index is 2.27. The number of nitrogens with zero attached hydrogens (tertiary/aromatic N) is 3. The van der Waals surface area contributed by atoms with E-state index < -0.39 is 0 Å². The van der Waals surface area contributed by atoms with Crippen molar-refractivity contribution in [2.24, 2.45) is 0 Å². The Bertz CT molecular complexity index is 726. The number of aryl methyl sites for hydroxylation is 1. The Kier molecular flexibility index (Phi) is 2.71. The number of rotatable bonds is 3. The van der Waals surface area contributed by atoms with Gasteiger partial charge in [0.1, 0.15) is 0 Å². The maximum absolute atomic E-state index is 11.8. The van der Waals surface area contributed by atoms with Crippen LogP contribution in [0.3, 0.4) is 0 Å². The Morgan fingerprint density at radius 3 is 3.06 bits per heavy atom. The molecule has 0 atom stereocenters. The lowest BCUT2D eigenvalue weighted by atomic mass is 10.2. The molecule has 0 saturated heterocycles. The number of H-pyrrole nitrogens is 1. The van der Waals surface area contributed by atoms with Gasteiger partial charge in [-0.2, -0.15) is 5.10 Å². The zero-order chi connectivity index (χ0) is 12.5. The van der Waals surface area contributed by atoms with Crippen LogP contribution in [0.15, 0.2) is 28.6 Å². The van der Waals surface area contributed by atoms with E-state index >= 15 is 0 Å². The summed E-state index contributed by atoms with van der Waals surface area (Å²) < 4.78 is 1.70. The molecule has 92 valence electrons. The van der Waals surface area contributed by atoms with E-state index in [4.69, 9.17) is 0 Å². The summed E-state index contributed by atoms with van der Waals surface area (Å²) in [5.74, 6) is 0. The number of pyridine rings is 1. The van der Waals surface area contributed by atoms with Gasteiger partial charge in [-0.05, 0) is 12.5 Å². The van der Waals surface area contributed by atoms with Crippen molar-refractivity contribution >= 4 is 22.4 Å². The van der Waals surface area contributed by atoms with E-state index in [1.165, 1.54) is 0 Å². The maximum atomic E-state index is 11.8. The maximum Gasteiger partial charge on any atom is 0.252 e. The number of hydrogen-bond acceptors (Lipinski definition) is 4. The van der Waals surface area contributed by atoms with Crippen LogP contribution in [0.2, 0.25) is 0 Å². The Morgan fingerprint density at radius 1 is 1.44 bits per heavy atom. The molecule has 0 aromatic carbocycles. The molecule has 0 fully saturated rings. The van der Waals surface area contributed by atoms with Gasteiger partial charge in [0.15, 0.2) is 5.65 Å². The molecule has 18 heavy (non-hydrogen) atoms. The molecular weight excluding hydrogens is 248 g/mol. The zero-order valence-corrected chi connectivity index (χ0v) is 10.7. The molecule has 0 bridgehead atoms. The largest absolute Gasteiger partial charge is 0.291 e. The molecule has 0 aliphatic carbocycles.